The molecule has 0 radical (unpaired) electrons. The Morgan fingerprint density at radius 1 is 1.33 bits per heavy atom. The van der Waals surface area contributed by atoms with Crippen LogP contribution in [0, 0.1) is 11.8 Å². The van der Waals surface area contributed by atoms with Gasteiger partial charge in [0.2, 0.25) is 0 Å². The van der Waals surface area contributed by atoms with E-state index in [4.69, 9.17) is 0 Å². The fourth-order valence-corrected chi connectivity index (χ4v) is 2.79. The lowest BCUT2D eigenvalue weighted by atomic mass is 9.84. The molecule has 3 heteroatoms. The third-order valence-corrected chi connectivity index (χ3v) is 3.66. The van der Waals surface area contributed by atoms with Gasteiger partial charge in [0.25, 0.3) is 0 Å². The van der Waals surface area contributed by atoms with E-state index in [9.17, 15) is 14.4 Å². The minimum absolute atomic E-state index is 0.0334. The van der Waals surface area contributed by atoms with E-state index >= 15 is 0 Å². The van der Waals surface area contributed by atoms with Crippen LogP contribution >= 0.6 is 0 Å². The Kier molecular flexibility index (Phi) is 3.70. The van der Waals surface area contributed by atoms with Crippen LogP contribution in [0.4, 0.5) is 0 Å². The average molecular weight is 244 g/mol. The lowest BCUT2D eigenvalue weighted by Gasteiger charge is -2.17. The van der Waals surface area contributed by atoms with Crippen molar-refractivity contribution in [2.45, 2.75) is 25.7 Å². The molecule has 0 saturated heterocycles. The molecule has 1 aliphatic rings. The summed E-state index contributed by atoms with van der Waals surface area (Å²) in [5, 5.41) is 0. The molecule has 0 amide bonds. The number of hydrogen-bond acceptors (Lipinski definition) is 3. The van der Waals surface area contributed by atoms with Crippen molar-refractivity contribution in [2.24, 2.45) is 11.8 Å². The maximum atomic E-state index is 12.0. The monoisotopic (exact) mass is 244 g/mol. The van der Waals surface area contributed by atoms with Crippen molar-refractivity contribution in [3.63, 3.8) is 0 Å². The molecule has 3 atom stereocenters. The molecule has 0 aromatic heterocycles. The fourth-order valence-electron chi connectivity index (χ4n) is 2.79. The molecule has 18 heavy (non-hydrogen) atoms. The lowest BCUT2D eigenvalue weighted by Crippen LogP contribution is -2.20. The van der Waals surface area contributed by atoms with Crippen LogP contribution in [0.15, 0.2) is 30.3 Å². The SMILES string of the molecule is CC(=O)C[C@@H]1C(=O)C[C@H](c2ccccc2)[C@H]1C=O. The Balaban J connectivity index is 2.26. The Morgan fingerprint density at radius 2 is 2.00 bits per heavy atom. The number of carbonyl (C=O) groups excluding carboxylic acids is 3. The van der Waals surface area contributed by atoms with Crippen molar-refractivity contribution >= 4 is 17.9 Å². The third-order valence-electron chi connectivity index (χ3n) is 3.66. The number of aldehydes is 1. The standard InChI is InChI=1S/C15H16O3/c1-10(17)7-13-14(9-16)12(8-15(13)18)11-5-3-2-4-6-11/h2-6,9,12-14H,7-8H2,1H3/t12-,13+,14-/m1/s1. The van der Waals surface area contributed by atoms with Crippen LogP contribution in [0.3, 0.4) is 0 Å². The van der Waals surface area contributed by atoms with Gasteiger partial charge in [-0.3, -0.25) is 4.79 Å². The third kappa shape index (κ3) is 2.40. The predicted molar refractivity (Wildman–Crippen MR) is 67.1 cm³/mol. The normalized spacial score (nSPS) is 27.2. The zero-order valence-corrected chi connectivity index (χ0v) is 10.3. The summed E-state index contributed by atoms with van der Waals surface area (Å²) in [5.41, 5.74) is 1.01. The van der Waals surface area contributed by atoms with Crippen molar-refractivity contribution in [1.29, 1.82) is 0 Å². The summed E-state index contributed by atoms with van der Waals surface area (Å²) in [7, 11) is 0. The van der Waals surface area contributed by atoms with Gasteiger partial charge in [-0.05, 0) is 12.5 Å². The summed E-state index contributed by atoms with van der Waals surface area (Å²) in [5.74, 6) is -0.848. The first-order valence-corrected chi connectivity index (χ1v) is 6.16. The molecule has 0 N–H and O–H groups in total. The van der Waals surface area contributed by atoms with Gasteiger partial charge in [0.1, 0.15) is 17.9 Å². The Bertz CT molecular complexity index is 464. The van der Waals surface area contributed by atoms with Crippen molar-refractivity contribution in [2.75, 3.05) is 0 Å². The van der Waals surface area contributed by atoms with Crippen LogP contribution in [0.5, 0.6) is 0 Å². The first-order chi connectivity index (χ1) is 8.63. The maximum Gasteiger partial charge on any atom is 0.137 e. The van der Waals surface area contributed by atoms with Gasteiger partial charge < -0.3 is 9.59 Å². The number of hydrogen-bond donors (Lipinski definition) is 0. The van der Waals surface area contributed by atoms with Gasteiger partial charge >= 0.3 is 0 Å². The summed E-state index contributed by atoms with van der Waals surface area (Å²) in [6, 6.07) is 9.58. The van der Waals surface area contributed by atoms with Gasteiger partial charge in [0, 0.05) is 30.6 Å². The van der Waals surface area contributed by atoms with E-state index in [1.54, 1.807) is 0 Å². The highest BCUT2D eigenvalue weighted by atomic mass is 16.1. The molecule has 1 aromatic rings. The van der Waals surface area contributed by atoms with Gasteiger partial charge in [-0.25, -0.2) is 0 Å². The highest BCUT2D eigenvalue weighted by Crippen LogP contribution is 2.41. The second-order valence-electron chi connectivity index (χ2n) is 4.91. The maximum absolute atomic E-state index is 12.0. The minimum Gasteiger partial charge on any atom is -0.303 e. The van der Waals surface area contributed by atoms with Gasteiger partial charge in [-0.2, -0.15) is 0 Å². The molecule has 1 fully saturated rings. The van der Waals surface area contributed by atoms with Gasteiger partial charge in [-0.1, -0.05) is 30.3 Å². The average Bonchev–Trinajstić information content (AvgIpc) is 2.67. The Morgan fingerprint density at radius 3 is 2.56 bits per heavy atom. The van der Waals surface area contributed by atoms with E-state index in [1.165, 1.54) is 6.92 Å². The molecule has 0 bridgehead atoms. The quantitative estimate of drug-likeness (QED) is 0.762. The van der Waals surface area contributed by atoms with E-state index < -0.39 is 5.92 Å². The number of Topliss-reactive ketones (excluding diaryl/α,β-unsaturated/α-hetero) is 2. The molecule has 1 aromatic carbocycles. The molecule has 1 aliphatic carbocycles. The molecule has 0 unspecified atom stereocenters. The van der Waals surface area contributed by atoms with Crippen molar-refractivity contribution in [3.05, 3.63) is 35.9 Å². The lowest BCUT2D eigenvalue weighted by molar-refractivity contribution is -0.127. The second-order valence-corrected chi connectivity index (χ2v) is 4.91. The van der Waals surface area contributed by atoms with Crippen LogP contribution in [0.1, 0.15) is 31.2 Å². The Labute approximate surface area is 106 Å². The van der Waals surface area contributed by atoms with Crippen LogP contribution in [0.25, 0.3) is 0 Å². The van der Waals surface area contributed by atoms with Crippen molar-refractivity contribution in [1.82, 2.24) is 0 Å². The Hall–Kier alpha value is -1.77. The van der Waals surface area contributed by atoms with E-state index in [-0.39, 0.29) is 29.8 Å². The van der Waals surface area contributed by atoms with Crippen molar-refractivity contribution in [3.8, 4) is 0 Å². The van der Waals surface area contributed by atoms with E-state index in [0.717, 1.165) is 11.8 Å². The molecule has 0 aliphatic heterocycles. The van der Waals surface area contributed by atoms with Crippen LogP contribution in [0.2, 0.25) is 0 Å². The van der Waals surface area contributed by atoms with E-state index in [2.05, 4.69) is 0 Å². The van der Waals surface area contributed by atoms with Gasteiger partial charge in [0.15, 0.2) is 0 Å². The highest BCUT2D eigenvalue weighted by Gasteiger charge is 2.43. The smallest absolute Gasteiger partial charge is 0.137 e. The molecular formula is C15H16O3. The summed E-state index contributed by atoms with van der Waals surface area (Å²) in [6.07, 6.45) is 1.40. The predicted octanol–water partition coefficient (Wildman–Crippen LogP) is 2.15. The molecular weight excluding hydrogens is 228 g/mol. The number of rotatable bonds is 4. The summed E-state index contributed by atoms with van der Waals surface area (Å²) in [4.78, 5) is 34.4. The highest BCUT2D eigenvalue weighted by molar-refractivity contribution is 5.92. The zero-order chi connectivity index (χ0) is 13.1. The van der Waals surface area contributed by atoms with Crippen molar-refractivity contribution < 1.29 is 14.4 Å². The molecule has 2 rings (SSSR count). The van der Waals surface area contributed by atoms with E-state index in [0.29, 0.717) is 6.42 Å². The van der Waals surface area contributed by atoms with Gasteiger partial charge in [0.05, 0.1) is 0 Å². The molecule has 1 saturated carbocycles. The number of benzene rings is 1. The van der Waals surface area contributed by atoms with Crippen LogP contribution in [-0.2, 0) is 14.4 Å². The molecule has 0 spiro atoms. The second kappa shape index (κ2) is 5.25. The number of carbonyl (C=O) groups is 3. The summed E-state index contributed by atoms with van der Waals surface area (Å²) >= 11 is 0. The first-order valence-electron chi connectivity index (χ1n) is 6.16. The molecule has 3 nitrogen and oxygen atoms in total. The van der Waals surface area contributed by atoms with E-state index in [1.807, 2.05) is 30.3 Å². The van der Waals surface area contributed by atoms with Crippen LogP contribution in [-0.4, -0.2) is 17.9 Å². The van der Waals surface area contributed by atoms with Gasteiger partial charge in [-0.15, -0.1) is 0 Å². The van der Waals surface area contributed by atoms with Crippen LogP contribution < -0.4 is 0 Å². The number of ketones is 2. The topological polar surface area (TPSA) is 51.2 Å². The summed E-state index contributed by atoms with van der Waals surface area (Å²) in [6.45, 7) is 1.46. The summed E-state index contributed by atoms with van der Waals surface area (Å²) < 4.78 is 0. The minimum atomic E-state index is -0.426. The first kappa shape index (κ1) is 12.7. The largest absolute Gasteiger partial charge is 0.303 e. The zero-order valence-electron chi connectivity index (χ0n) is 10.3. The molecule has 0 heterocycles. The molecule has 94 valence electrons. The fraction of sp³-hybridized carbons (Fsp3) is 0.400.